The number of nitrogens with zero attached hydrogens (tertiary/aromatic N) is 1. The quantitative estimate of drug-likeness (QED) is 0.731. The number of amides is 1. The molecule has 118 valence electrons. The van der Waals surface area contributed by atoms with E-state index in [1.807, 2.05) is 13.0 Å². The molecular formula is C16H20N2O4. The third kappa shape index (κ3) is 4.58. The van der Waals surface area contributed by atoms with Gasteiger partial charge in [-0.15, -0.1) is 0 Å². The van der Waals surface area contributed by atoms with Gasteiger partial charge in [-0.05, 0) is 31.9 Å². The summed E-state index contributed by atoms with van der Waals surface area (Å²) in [7, 11) is 0. The van der Waals surface area contributed by atoms with Crippen molar-refractivity contribution < 1.29 is 19.1 Å². The third-order valence-corrected chi connectivity index (χ3v) is 3.34. The summed E-state index contributed by atoms with van der Waals surface area (Å²) in [5, 5.41) is 11.3. The predicted molar refractivity (Wildman–Crippen MR) is 81.8 cm³/mol. The van der Waals surface area contributed by atoms with E-state index in [0.29, 0.717) is 24.1 Å². The number of carboxylic acids is 1. The molecule has 0 aliphatic rings. The summed E-state index contributed by atoms with van der Waals surface area (Å²) in [5.41, 5.74) is 2.16. The Morgan fingerprint density at radius 3 is 2.77 bits per heavy atom. The van der Waals surface area contributed by atoms with Gasteiger partial charge >= 0.3 is 5.97 Å². The van der Waals surface area contributed by atoms with Gasteiger partial charge in [-0.1, -0.05) is 12.8 Å². The van der Waals surface area contributed by atoms with Crippen LogP contribution >= 0.6 is 0 Å². The van der Waals surface area contributed by atoms with E-state index in [9.17, 15) is 9.59 Å². The molecule has 2 aromatic heterocycles. The van der Waals surface area contributed by atoms with E-state index in [1.54, 1.807) is 12.1 Å². The number of carbonyl (C=O) groups is 2. The maximum absolute atomic E-state index is 12.0. The number of aromatic nitrogens is 1. The van der Waals surface area contributed by atoms with Crippen molar-refractivity contribution in [1.29, 1.82) is 0 Å². The van der Waals surface area contributed by atoms with E-state index in [4.69, 9.17) is 9.52 Å². The molecule has 22 heavy (non-hydrogen) atoms. The van der Waals surface area contributed by atoms with Crippen molar-refractivity contribution in [3.05, 3.63) is 29.7 Å². The Morgan fingerprint density at radius 1 is 1.23 bits per heavy atom. The van der Waals surface area contributed by atoms with Crippen molar-refractivity contribution in [2.45, 2.75) is 39.0 Å². The van der Waals surface area contributed by atoms with E-state index in [0.717, 1.165) is 25.0 Å². The van der Waals surface area contributed by atoms with Crippen LogP contribution in [0.25, 0.3) is 11.1 Å². The number of pyridine rings is 1. The van der Waals surface area contributed by atoms with Gasteiger partial charge in [0.1, 0.15) is 5.52 Å². The van der Waals surface area contributed by atoms with Crippen molar-refractivity contribution in [3.63, 3.8) is 0 Å². The second-order valence-electron chi connectivity index (χ2n) is 5.26. The largest absolute Gasteiger partial charge is 0.481 e. The fraction of sp³-hybridized carbons (Fsp3) is 0.438. The Bertz CT molecular complexity index is 663. The highest BCUT2D eigenvalue weighted by molar-refractivity contribution is 5.95. The zero-order valence-electron chi connectivity index (χ0n) is 12.6. The van der Waals surface area contributed by atoms with Gasteiger partial charge in [-0.2, -0.15) is 0 Å². The molecule has 6 heteroatoms. The molecule has 0 bridgehead atoms. The highest BCUT2D eigenvalue weighted by Gasteiger charge is 2.12. The van der Waals surface area contributed by atoms with E-state index in [1.165, 1.54) is 0 Å². The molecule has 6 nitrogen and oxygen atoms in total. The standard InChI is InChI=1S/C16H20N2O4/c1-11-7-8-13-12(18-11)10-14(22-13)16(21)17-9-5-3-2-4-6-15(19)20/h7-8,10H,2-6,9H2,1H3,(H,17,21)(H,19,20). The predicted octanol–water partition coefficient (Wildman–Crippen LogP) is 2.90. The Kier molecular flexibility index (Phi) is 5.52. The molecule has 0 aliphatic heterocycles. The van der Waals surface area contributed by atoms with Crippen molar-refractivity contribution in [3.8, 4) is 0 Å². The fourth-order valence-electron chi connectivity index (χ4n) is 2.18. The molecule has 0 atom stereocenters. The highest BCUT2D eigenvalue weighted by atomic mass is 16.4. The minimum atomic E-state index is -0.762. The molecular weight excluding hydrogens is 284 g/mol. The number of nitrogens with one attached hydrogen (secondary N) is 1. The summed E-state index contributed by atoms with van der Waals surface area (Å²) in [6.07, 6.45) is 3.46. The molecule has 2 heterocycles. The van der Waals surface area contributed by atoms with Crippen molar-refractivity contribution in [2.75, 3.05) is 6.54 Å². The van der Waals surface area contributed by atoms with Crippen LogP contribution in [0.15, 0.2) is 22.6 Å². The number of unbranched alkanes of at least 4 members (excludes halogenated alkanes) is 3. The summed E-state index contributed by atoms with van der Waals surface area (Å²) in [4.78, 5) is 26.6. The van der Waals surface area contributed by atoms with Crippen LogP contribution in [-0.4, -0.2) is 28.5 Å². The number of aryl methyl sites for hydroxylation is 1. The van der Waals surface area contributed by atoms with Crippen molar-refractivity contribution >= 4 is 23.0 Å². The Hall–Kier alpha value is -2.37. The SMILES string of the molecule is Cc1ccc2oc(C(=O)NCCCCCCC(=O)O)cc2n1. The first-order valence-electron chi connectivity index (χ1n) is 7.43. The lowest BCUT2D eigenvalue weighted by Gasteiger charge is -2.02. The Labute approximate surface area is 128 Å². The molecule has 0 aromatic carbocycles. The van der Waals surface area contributed by atoms with Gasteiger partial charge in [0.05, 0.1) is 0 Å². The number of carbonyl (C=O) groups excluding carboxylic acids is 1. The number of aliphatic carboxylic acids is 1. The summed E-state index contributed by atoms with van der Waals surface area (Å²) in [6.45, 7) is 2.44. The Balaban J connectivity index is 1.73. The maximum atomic E-state index is 12.0. The normalized spacial score (nSPS) is 10.8. The van der Waals surface area contributed by atoms with Crippen LogP contribution in [0.2, 0.25) is 0 Å². The lowest BCUT2D eigenvalue weighted by molar-refractivity contribution is -0.137. The van der Waals surface area contributed by atoms with E-state index >= 15 is 0 Å². The third-order valence-electron chi connectivity index (χ3n) is 3.34. The van der Waals surface area contributed by atoms with Crippen LogP contribution in [0.5, 0.6) is 0 Å². The van der Waals surface area contributed by atoms with Gasteiger partial charge in [-0.25, -0.2) is 4.98 Å². The minimum Gasteiger partial charge on any atom is -0.481 e. The van der Waals surface area contributed by atoms with Crippen LogP contribution in [0, 0.1) is 6.92 Å². The molecule has 2 aromatic rings. The van der Waals surface area contributed by atoms with Gasteiger partial charge in [0.25, 0.3) is 5.91 Å². The summed E-state index contributed by atoms with van der Waals surface area (Å²) in [5.74, 6) is -0.748. The maximum Gasteiger partial charge on any atom is 0.303 e. The topological polar surface area (TPSA) is 92.4 Å². The molecule has 0 fully saturated rings. The molecule has 0 radical (unpaired) electrons. The first-order valence-corrected chi connectivity index (χ1v) is 7.43. The van der Waals surface area contributed by atoms with Crippen LogP contribution in [0.3, 0.4) is 0 Å². The number of carboxylic acid groups (broad SMARTS) is 1. The summed E-state index contributed by atoms with van der Waals surface area (Å²) < 4.78 is 5.47. The monoisotopic (exact) mass is 304 g/mol. The molecule has 0 aliphatic carbocycles. The first kappa shape index (κ1) is 16.0. The van der Waals surface area contributed by atoms with Crippen LogP contribution in [0.4, 0.5) is 0 Å². The molecule has 0 saturated heterocycles. The van der Waals surface area contributed by atoms with Gasteiger partial charge in [0, 0.05) is 24.7 Å². The second-order valence-corrected chi connectivity index (χ2v) is 5.26. The molecule has 0 spiro atoms. The average molecular weight is 304 g/mol. The summed E-state index contributed by atoms with van der Waals surface area (Å²) in [6, 6.07) is 5.28. The minimum absolute atomic E-state index is 0.206. The lowest BCUT2D eigenvalue weighted by atomic mass is 10.1. The Morgan fingerprint density at radius 2 is 2.00 bits per heavy atom. The lowest BCUT2D eigenvalue weighted by Crippen LogP contribution is -2.23. The van der Waals surface area contributed by atoms with Gasteiger partial charge in [-0.3, -0.25) is 9.59 Å². The van der Waals surface area contributed by atoms with Crippen LogP contribution in [-0.2, 0) is 4.79 Å². The molecule has 2 N–H and O–H groups in total. The molecule has 0 unspecified atom stereocenters. The van der Waals surface area contributed by atoms with E-state index < -0.39 is 5.97 Å². The molecule has 1 amide bonds. The second kappa shape index (κ2) is 7.59. The van der Waals surface area contributed by atoms with Gasteiger partial charge < -0.3 is 14.8 Å². The zero-order valence-corrected chi connectivity index (χ0v) is 12.6. The average Bonchev–Trinajstić information content (AvgIpc) is 2.88. The van der Waals surface area contributed by atoms with E-state index in [2.05, 4.69) is 10.3 Å². The van der Waals surface area contributed by atoms with Crippen molar-refractivity contribution in [1.82, 2.24) is 10.3 Å². The zero-order chi connectivity index (χ0) is 15.9. The van der Waals surface area contributed by atoms with Crippen LogP contribution < -0.4 is 5.32 Å². The number of hydrogen-bond acceptors (Lipinski definition) is 4. The number of fused-ring (bicyclic) bond motifs is 1. The van der Waals surface area contributed by atoms with Crippen LogP contribution in [0.1, 0.15) is 48.4 Å². The fourth-order valence-corrected chi connectivity index (χ4v) is 2.18. The van der Waals surface area contributed by atoms with Gasteiger partial charge in [0.2, 0.25) is 0 Å². The van der Waals surface area contributed by atoms with Gasteiger partial charge in [0.15, 0.2) is 11.3 Å². The number of hydrogen-bond donors (Lipinski definition) is 2. The van der Waals surface area contributed by atoms with Crippen molar-refractivity contribution in [2.24, 2.45) is 0 Å². The molecule has 2 rings (SSSR count). The first-order chi connectivity index (χ1) is 10.6. The molecule has 0 saturated carbocycles. The highest BCUT2D eigenvalue weighted by Crippen LogP contribution is 2.17. The number of rotatable bonds is 8. The number of furan rings is 1. The smallest absolute Gasteiger partial charge is 0.303 e. The summed E-state index contributed by atoms with van der Waals surface area (Å²) >= 11 is 0. The van der Waals surface area contributed by atoms with E-state index in [-0.39, 0.29) is 18.1 Å².